The van der Waals surface area contributed by atoms with Gasteiger partial charge in [0.15, 0.2) is 0 Å². The molecule has 6 nitrogen and oxygen atoms in total. The predicted molar refractivity (Wildman–Crippen MR) is 141 cm³/mol. The Bertz CT molecular complexity index is 1220. The lowest BCUT2D eigenvalue weighted by atomic mass is 9.83. The number of hydrogen-bond donors (Lipinski definition) is 1. The number of aromatic nitrogens is 1. The molecule has 2 fully saturated rings. The summed E-state index contributed by atoms with van der Waals surface area (Å²) in [6.07, 6.45) is 9.57. The quantitative estimate of drug-likeness (QED) is 0.493. The molecule has 1 saturated heterocycles. The first-order valence-electron chi connectivity index (χ1n) is 13.2. The molecule has 6 heteroatoms. The number of nitrogens with zero attached hydrogens (tertiary/aromatic N) is 3. The second kappa shape index (κ2) is 11.5. The van der Waals surface area contributed by atoms with Gasteiger partial charge in [-0.25, -0.2) is 0 Å². The molecule has 2 aliphatic rings. The van der Waals surface area contributed by atoms with E-state index in [4.69, 9.17) is 4.74 Å². The fourth-order valence-electron chi connectivity index (χ4n) is 5.61. The third-order valence-electron chi connectivity index (χ3n) is 7.76. The highest BCUT2D eigenvalue weighted by Crippen LogP contribution is 2.29. The van der Waals surface area contributed by atoms with Crippen LogP contribution in [0.3, 0.4) is 0 Å². The van der Waals surface area contributed by atoms with E-state index in [1.165, 1.54) is 19.3 Å². The Labute approximate surface area is 213 Å². The molecule has 0 atom stereocenters. The maximum atomic E-state index is 12.9. The average molecular weight is 483 g/mol. The zero-order chi connectivity index (χ0) is 24.7. The number of amides is 1. The summed E-state index contributed by atoms with van der Waals surface area (Å²) in [5, 5.41) is 13.5. The second-order valence-electron chi connectivity index (χ2n) is 10.1. The van der Waals surface area contributed by atoms with Gasteiger partial charge >= 0.3 is 0 Å². The topological polar surface area (TPSA) is 78.2 Å². The van der Waals surface area contributed by atoms with Crippen molar-refractivity contribution < 1.29 is 9.53 Å². The van der Waals surface area contributed by atoms with Gasteiger partial charge in [0.1, 0.15) is 17.9 Å². The number of para-hydroxylation sites is 2. The number of pyridine rings is 1. The average Bonchev–Trinajstić information content (AvgIpc) is 2.93. The fourth-order valence-corrected chi connectivity index (χ4v) is 5.61. The number of hydrogen-bond acceptors (Lipinski definition) is 5. The van der Waals surface area contributed by atoms with E-state index in [0.717, 1.165) is 62.1 Å². The van der Waals surface area contributed by atoms with E-state index in [1.54, 1.807) is 6.20 Å². The van der Waals surface area contributed by atoms with Crippen molar-refractivity contribution in [3.05, 3.63) is 71.9 Å². The van der Waals surface area contributed by atoms with Crippen molar-refractivity contribution in [3.63, 3.8) is 0 Å². The van der Waals surface area contributed by atoms with Crippen molar-refractivity contribution in [2.24, 2.45) is 5.92 Å². The minimum atomic E-state index is 0.0135. The number of nitrogens with one attached hydrogen (secondary N) is 1. The van der Waals surface area contributed by atoms with Gasteiger partial charge in [-0.2, -0.15) is 5.26 Å². The number of carbonyl (C=O) groups excluding carboxylic acids is 1. The molecular formula is C30H34N4O2. The maximum absolute atomic E-state index is 12.9. The van der Waals surface area contributed by atoms with E-state index in [2.05, 4.69) is 21.3 Å². The minimum absolute atomic E-state index is 0.0135. The van der Waals surface area contributed by atoms with Gasteiger partial charge in [0.05, 0.1) is 16.6 Å². The Morgan fingerprint density at radius 2 is 1.75 bits per heavy atom. The molecule has 36 heavy (non-hydrogen) atoms. The lowest BCUT2D eigenvalue weighted by Crippen LogP contribution is -2.40. The summed E-state index contributed by atoms with van der Waals surface area (Å²) in [6.45, 7) is 3.22. The van der Waals surface area contributed by atoms with Crippen LogP contribution in [0.25, 0.3) is 10.9 Å². The lowest BCUT2D eigenvalue weighted by Gasteiger charge is -2.34. The molecule has 0 radical (unpaired) electrons. The number of rotatable bonds is 7. The van der Waals surface area contributed by atoms with Crippen LogP contribution < -0.4 is 10.1 Å². The molecule has 2 heterocycles. The van der Waals surface area contributed by atoms with Crippen LogP contribution in [-0.2, 0) is 0 Å². The van der Waals surface area contributed by atoms with Crippen LogP contribution in [0.4, 0.5) is 0 Å². The van der Waals surface area contributed by atoms with Crippen molar-refractivity contribution in [2.75, 3.05) is 19.6 Å². The monoisotopic (exact) mass is 482 g/mol. The van der Waals surface area contributed by atoms with Gasteiger partial charge < -0.3 is 15.0 Å². The number of likely N-dealkylation sites (tertiary alicyclic amines) is 1. The summed E-state index contributed by atoms with van der Waals surface area (Å²) in [4.78, 5) is 19.9. The Hall–Kier alpha value is -3.43. The highest BCUT2D eigenvalue weighted by molar-refractivity contribution is 6.06. The summed E-state index contributed by atoms with van der Waals surface area (Å²) < 4.78 is 6.13. The fraction of sp³-hybridized carbons (Fsp3) is 0.433. The Kier molecular flexibility index (Phi) is 7.78. The number of benzene rings is 2. The normalized spacial score (nSPS) is 21.1. The molecule has 0 bridgehead atoms. The van der Waals surface area contributed by atoms with E-state index in [0.29, 0.717) is 16.9 Å². The van der Waals surface area contributed by atoms with Crippen LogP contribution in [-0.4, -0.2) is 47.6 Å². The molecule has 2 aromatic carbocycles. The predicted octanol–water partition coefficient (Wildman–Crippen LogP) is 5.33. The van der Waals surface area contributed by atoms with E-state index in [1.807, 2.05) is 54.6 Å². The number of fused-ring (bicyclic) bond motifs is 1. The van der Waals surface area contributed by atoms with Gasteiger partial charge in [-0.05, 0) is 81.7 Å². The van der Waals surface area contributed by atoms with Crippen LogP contribution in [0.2, 0.25) is 0 Å². The number of nitriles is 1. The molecule has 5 rings (SSSR count). The maximum Gasteiger partial charge on any atom is 0.252 e. The van der Waals surface area contributed by atoms with E-state index in [9.17, 15) is 10.1 Å². The van der Waals surface area contributed by atoms with Gasteiger partial charge in [-0.1, -0.05) is 30.3 Å². The molecule has 1 aliphatic carbocycles. The number of ether oxygens (including phenoxy) is 1. The van der Waals surface area contributed by atoms with E-state index < -0.39 is 0 Å². The lowest BCUT2D eigenvalue weighted by molar-refractivity contribution is 0.0898. The Morgan fingerprint density at radius 3 is 2.56 bits per heavy atom. The molecule has 186 valence electrons. The Balaban J connectivity index is 1.02. The molecule has 1 aromatic heterocycles. The van der Waals surface area contributed by atoms with E-state index in [-0.39, 0.29) is 18.1 Å². The van der Waals surface area contributed by atoms with Crippen molar-refractivity contribution in [1.82, 2.24) is 15.2 Å². The van der Waals surface area contributed by atoms with E-state index >= 15 is 0 Å². The summed E-state index contributed by atoms with van der Waals surface area (Å²) in [7, 11) is 0. The van der Waals surface area contributed by atoms with Crippen molar-refractivity contribution in [1.29, 1.82) is 5.26 Å². The highest BCUT2D eigenvalue weighted by atomic mass is 16.5. The van der Waals surface area contributed by atoms with Gasteiger partial charge in [0.2, 0.25) is 0 Å². The standard InChI is InChI=1S/C30H34N4O2/c31-21-23-5-1-4-8-29(23)36-25-15-19-34(20-16-25)18-14-22-9-11-24(12-10-22)33-30(35)27-13-17-32-28-7-3-2-6-26(27)28/h1-8,13,17,22,24-25H,9-12,14-16,18-20H2,(H,33,35)/t22-,24-. The first-order chi connectivity index (χ1) is 17.7. The smallest absolute Gasteiger partial charge is 0.252 e. The zero-order valence-electron chi connectivity index (χ0n) is 20.7. The van der Waals surface area contributed by atoms with Crippen LogP contribution >= 0.6 is 0 Å². The molecule has 1 aliphatic heterocycles. The summed E-state index contributed by atoms with van der Waals surface area (Å²) in [6, 6.07) is 19.6. The van der Waals surface area contributed by atoms with Gasteiger partial charge in [0, 0.05) is 30.7 Å². The van der Waals surface area contributed by atoms with Crippen LogP contribution in [0.5, 0.6) is 5.75 Å². The molecule has 0 unspecified atom stereocenters. The SMILES string of the molecule is N#Cc1ccccc1OC1CCN(CC[C@H]2CC[C@H](NC(=O)c3ccnc4ccccc34)CC2)CC1. The Morgan fingerprint density at radius 1 is 1.00 bits per heavy atom. The van der Waals surface area contributed by atoms with Gasteiger partial charge in [-0.3, -0.25) is 9.78 Å². The van der Waals surface area contributed by atoms with Crippen molar-refractivity contribution in [2.45, 2.75) is 57.1 Å². The van der Waals surface area contributed by atoms with Crippen molar-refractivity contribution in [3.8, 4) is 11.8 Å². The first-order valence-corrected chi connectivity index (χ1v) is 13.2. The number of piperidine rings is 1. The largest absolute Gasteiger partial charge is 0.489 e. The van der Waals surface area contributed by atoms with Gasteiger partial charge in [-0.15, -0.1) is 0 Å². The minimum Gasteiger partial charge on any atom is -0.489 e. The first kappa shape index (κ1) is 24.3. The van der Waals surface area contributed by atoms with Crippen LogP contribution in [0, 0.1) is 17.2 Å². The molecule has 1 saturated carbocycles. The molecule has 1 N–H and O–H groups in total. The zero-order valence-corrected chi connectivity index (χ0v) is 20.7. The third-order valence-corrected chi connectivity index (χ3v) is 7.76. The summed E-state index contributed by atoms with van der Waals surface area (Å²) in [5.74, 6) is 1.45. The molecule has 1 amide bonds. The molecular weight excluding hydrogens is 448 g/mol. The van der Waals surface area contributed by atoms with Crippen LogP contribution in [0.1, 0.15) is 60.9 Å². The molecule has 3 aromatic rings. The second-order valence-corrected chi connectivity index (χ2v) is 10.1. The van der Waals surface area contributed by atoms with Crippen LogP contribution in [0.15, 0.2) is 60.8 Å². The molecule has 0 spiro atoms. The third kappa shape index (κ3) is 5.85. The summed E-state index contributed by atoms with van der Waals surface area (Å²) >= 11 is 0. The van der Waals surface area contributed by atoms with Gasteiger partial charge in [0.25, 0.3) is 5.91 Å². The number of carbonyl (C=O) groups is 1. The summed E-state index contributed by atoms with van der Waals surface area (Å²) in [5.41, 5.74) is 2.18. The van der Waals surface area contributed by atoms with Crippen molar-refractivity contribution >= 4 is 16.8 Å². The highest BCUT2D eigenvalue weighted by Gasteiger charge is 2.25.